The topological polar surface area (TPSA) is 79.5 Å². The van der Waals surface area contributed by atoms with Crippen molar-refractivity contribution >= 4 is 33.0 Å². The van der Waals surface area contributed by atoms with Crippen LogP contribution in [-0.4, -0.2) is 37.6 Å². The number of ketones is 1. The van der Waals surface area contributed by atoms with Crippen molar-refractivity contribution in [3.63, 3.8) is 0 Å². The minimum Gasteiger partial charge on any atom is -0.389 e. The molecule has 0 saturated heterocycles. The van der Waals surface area contributed by atoms with Crippen molar-refractivity contribution in [3.05, 3.63) is 46.2 Å². The van der Waals surface area contributed by atoms with Crippen LogP contribution in [0.25, 0.3) is 16.9 Å². The van der Waals surface area contributed by atoms with Gasteiger partial charge in [0.25, 0.3) is 0 Å². The Balaban J connectivity index is 1.68. The summed E-state index contributed by atoms with van der Waals surface area (Å²) in [5, 5.41) is 17.8. The monoisotopic (exact) mass is 456 g/mol. The van der Waals surface area contributed by atoms with Gasteiger partial charge in [-0.25, -0.2) is 9.50 Å². The molecule has 0 amide bonds. The second-order valence-corrected chi connectivity index (χ2v) is 9.34. The fourth-order valence-electron chi connectivity index (χ4n) is 3.41. The Labute approximate surface area is 178 Å². The Bertz CT molecular complexity index is 1080. The molecule has 29 heavy (non-hydrogen) atoms. The van der Waals surface area contributed by atoms with E-state index >= 15 is 0 Å². The molecule has 0 bridgehead atoms. The number of rotatable bonds is 7. The molecule has 0 radical (unpaired) electrons. The molecule has 1 saturated carbocycles. The molecule has 152 valence electrons. The number of aryl methyl sites for hydroxylation is 1. The van der Waals surface area contributed by atoms with Crippen LogP contribution in [0.3, 0.4) is 0 Å². The lowest BCUT2D eigenvalue weighted by Crippen LogP contribution is -2.29. The van der Waals surface area contributed by atoms with E-state index in [-0.39, 0.29) is 5.78 Å². The second kappa shape index (κ2) is 7.54. The van der Waals surface area contributed by atoms with Crippen LogP contribution in [-0.2, 0) is 0 Å². The third-order valence-corrected chi connectivity index (χ3v) is 5.53. The van der Waals surface area contributed by atoms with Gasteiger partial charge in [-0.15, -0.1) is 0 Å². The SMILES string of the molecule is Cc1cc(-c2cnc3c(NCC(C)(C)O)cc(Br)nn23)ccc1C(=O)CC1CC1. The number of Topliss-reactive ketones (excluding diaryl/α,β-unsaturated/α-hetero) is 1. The highest BCUT2D eigenvalue weighted by atomic mass is 79.9. The number of nitrogens with one attached hydrogen (secondary N) is 1. The van der Waals surface area contributed by atoms with Gasteiger partial charge in [0.15, 0.2) is 11.4 Å². The largest absolute Gasteiger partial charge is 0.389 e. The molecular formula is C22H25BrN4O2. The van der Waals surface area contributed by atoms with Gasteiger partial charge in [-0.2, -0.15) is 5.10 Å². The molecule has 2 heterocycles. The summed E-state index contributed by atoms with van der Waals surface area (Å²) in [5.41, 5.74) is 4.19. The van der Waals surface area contributed by atoms with E-state index in [4.69, 9.17) is 0 Å². The van der Waals surface area contributed by atoms with Crippen molar-refractivity contribution in [2.24, 2.45) is 5.92 Å². The summed E-state index contributed by atoms with van der Waals surface area (Å²) in [6.07, 6.45) is 4.79. The highest BCUT2D eigenvalue weighted by Gasteiger charge is 2.25. The number of carbonyl (C=O) groups excluding carboxylic acids is 1. The normalized spacial score (nSPS) is 14.4. The Hall–Kier alpha value is -2.25. The first kappa shape index (κ1) is 20.0. The molecule has 2 aromatic heterocycles. The molecule has 0 atom stereocenters. The van der Waals surface area contributed by atoms with Crippen LogP contribution in [0.1, 0.15) is 49.0 Å². The maximum Gasteiger partial charge on any atom is 0.177 e. The van der Waals surface area contributed by atoms with Gasteiger partial charge < -0.3 is 10.4 Å². The fourth-order valence-corrected chi connectivity index (χ4v) is 3.79. The summed E-state index contributed by atoms with van der Waals surface area (Å²) in [7, 11) is 0. The number of benzene rings is 1. The quantitative estimate of drug-likeness (QED) is 0.506. The molecule has 1 aliphatic rings. The Kier molecular flexibility index (Phi) is 5.21. The summed E-state index contributed by atoms with van der Waals surface area (Å²) in [6.45, 7) is 5.86. The minimum absolute atomic E-state index is 0.230. The number of anilines is 1. The lowest BCUT2D eigenvalue weighted by Gasteiger charge is -2.18. The van der Waals surface area contributed by atoms with E-state index in [9.17, 15) is 9.90 Å². The first-order valence-electron chi connectivity index (χ1n) is 9.86. The number of hydrogen-bond acceptors (Lipinski definition) is 5. The molecule has 0 aliphatic heterocycles. The zero-order valence-electron chi connectivity index (χ0n) is 16.9. The van der Waals surface area contributed by atoms with E-state index < -0.39 is 5.60 Å². The van der Waals surface area contributed by atoms with Crippen molar-refractivity contribution in [1.82, 2.24) is 14.6 Å². The van der Waals surface area contributed by atoms with Crippen LogP contribution in [0.2, 0.25) is 0 Å². The van der Waals surface area contributed by atoms with Crippen molar-refractivity contribution in [2.75, 3.05) is 11.9 Å². The zero-order chi connectivity index (χ0) is 20.8. The predicted octanol–water partition coefficient (Wildman–Crippen LogP) is 4.63. The standard InChI is InChI=1S/C22H25BrN4O2/c1-13-8-15(6-7-16(13)19(28)9-14-4-5-14)18-11-24-21-17(25-12-22(2,3)29)10-20(23)26-27(18)21/h6-8,10-11,14,25,29H,4-5,9,12H2,1-3H3. The maximum absolute atomic E-state index is 12.5. The van der Waals surface area contributed by atoms with Gasteiger partial charge in [0.05, 0.1) is 23.2 Å². The van der Waals surface area contributed by atoms with Crippen molar-refractivity contribution < 1.29 is 9.90 Å². The van der Waals surface area contributed by atoms with Gasteiger partial charge in [0.1, 0.15) is 4.60 Å². The average molecular weight is 457 g/mol. The summed E-state index contributed by atoms with van der Waals surface area (Å²) >= 11 is 3.46. The number of aliphatic hydroxyl groups is 1. The molecule has 1 aromatic carbocycles. The van der Waals surface area contributed by atoms with Crippen LogP contribution in [0.5, 0.6) is 0 Å². The Morgan fingerprint density at radius 3 is 2.76 bits per heavy atom. The number of aromatic nitrogens is 3. The van der Waals surface area contributed by atoms with Crippen LogP contribution in [0.4, 0.5) is 5.69 Å². The third kappa shape index (κ3) is 4.51. The van der Waals surface area contributed by atoms with Gasteiger partial charge in [0, 0.05) is 24.1 Å². The van der Waals surface area contributed by atoms with Gasteiger partial charge in [-0.05, 0) is 73.2 Å². The fraction of sp³-hybridized carbons (Fsp3) is 0.409. The summed E-state index contributed by atoms with van der Waals surface area (Å²) in [5.74, 6) is 0.811. The molecule has 1 fully saturated rings. The van der Waals surface area contributed by atoms with E-state index in [1.807, 2.05) is 31.2 Å². The molecule has 1 aliphatic carbocycles. The number of hydrogen-bond donors (Lipinski definition) is 2. The van der Waals surface area contributed by atoms with Crippen LogP contribution in [0.15, 0.2) is 35.1 Å². The molecule has 2 N–H and O–H groups in total. The van der Waals surface area contributed by atoms with E-state index in [2.05, 4.69) is 31.3 Å². The van der Waals surface area contributed by atoms with Gasteiger partial charge >= 0.3 is 0 Å². The molecular weight excluding hydrogens is 432 g/mol. The maximum atomic E-state index is 12.5. The summed E-state index contributed by atoms with van der Waals surface area (Å²) in [4.78, 5) is 17.0. The number of imidazole rings is 1. The van der Waals surface area contributed by atoms with Crippen molar-refractivity contribution in [1.29, 1.82) is 0 Å². The Morgan fingerprint density at radius 1 is 1.34 bits per heavy atom. The first-order valence-corrected chi connectivity index (χ1v) is 10.7. The van der Waals surface area contributed by atoms with E-state index in [1.165, 1.54) is 12.8 Å². The lowest BCUT2D eigenvalue weighted by molar-refractivity contribution is 0.0944. The molecule has 6 nitrogen and oxygen atoms in total. The second-order valence-electron chi connectivity index (χ2n) is 8.53. The number of carbonyl (C=O) groups is 1. The van der Waals surface area contributed by atoms with E-state index in [0.717, 1.165) is 28.1 Å². The summed E-state index contributed by atoms with van der Waals surface area (Å²) < 4.78 is 2.44. The first-order chi connectivity index (χ1) is 13.7. The van der Waals surface area contributed by atoms with Gasteiger partial charge in [-0.3, -0.25) is 4.79 Å². The van der Waals surface area contributed by atoms with Gasteiger partial charge in [0.2, 0.25) is 0 Å². The Morgan fingerprint density at radius 2 is 2.10 bits per heavy atom. The van der Waals surface area contributed by atoms with Crippen LogP contribution < -0.4 is 5.32 Å². The number of fused-ring (bicyclic) bond motifs is 1. The smallest absolute Gasteiger partial charge is 0.177 e. The molecule has 0 spiro atoms. The minimum atomic E-state index is -0.845. The van der Waals surface area contributed by atoms with E-state index in [1.54, 1.807) is 24.6 Å². The molecule has 0 unspecified atom stereocenters. The van der Waals surface area contributed by atoms with Crippen LogP contribution >= 0.6 is 15.9 Å². The third-order valence-electron chi connectivity index (χ3n) is 5.14. The predicted molar refractivity (Wildman–Crippen MR) is 117 cm³/mol. The average Bonchev–Trinajstić information content (AvgIpc) is 3.35. The zero-order valence-corrected chi connectivity index (χ0v) is 18.5. The molecule has 4 rings (SSSR count). The van der Waals surface area contributed by atoms with Crippen molar-refractivity contribution in [2.45, 2.75) is 45.6 Å². The highest BCUT2D eigenvalue weighted by Crippen LogP contribution is 2.34. The van der Waals surface area contributed by atoms with Crippen molar-refractivity contribution in [3.8, 4) is 11.3 Å². The van der Waals surface area contributed by atoms with Gasteiger partial charge in [-0.1, -0.05) is 12.1 Å². The summed E-state index contributed by atoms with van der Waals surface area (Å²) in [6, 6.07) is 7.75. The van der Waals surface area contributed by atoms with E-state index in [0.29, 0.717) is 29.1 Å². The molecule has 3 aromatic rings. The lowest BCUT2D eigenvalue weighted by atomic mass is 9.98. The van der Waals surface area contributed by atoms with Crippen LogP contribution in [0, 0.1) is 12.8 Å². The molecule has 7 heteroatoms. The number of nitrogens with zero attached hydrogens (tertiary/aromatic N) is 3. The highest BCUT2D eigenvalue weighted by molar-refractivity contribution is 9.10. The number of halogens is 1.